The fourth-order valence-corrected chi connectivity index (χ4v) is 5.41. The van der Waals surface area contributed by atoms with Crippen LogP contribution in [0, 0.1) is 21.4 Å². The van der Waals surface area contributed by atoms with E-state index in [0.29, 0.717) is 17.4 Å². The third-order valence-corrected chi connectivity index (χ3v) is 7.34. The third-order valence-electron chi connectivity index (χ3n) is 5.48. The maximum Gasteiger partial charge on any atom is 0.271 e. The van der Waals surface area contributed by atoms with Crippen LogP contribution in [0.1, 0.15) is 37.6 Å². The average Bonchev–Trinajstić information content (AvgIpc) is 3.01. The number of rotatable bonds is 3. The van der Waals surface area contributed by atoms with Crippen LogP contribution in [0.3, 0.4) is 0 Å². The molecule has 1 aliphatic rings. The molecule has 0 fully saturated rings. The second-order valence-corrected chi connectivity index (χ2v) is 10.2. The van der Waals surface area contributed by atoms with Gasteiger partial charge in [-0.25, -0.2) is 9.97 Å². The van der Waals surface area contributed by atoms with E-state index in [1.54, 1.807) is 23.7 Å². The number of non-ortho nitro benzene ring substituents is 1. The molecule has 28 heavy (non-hydrogen) atoms. The van der Waals surface area contributed by atoms with Gasteiger partial charge in [-0.05, 0) is 58.2 Å². The molecule has 4 rings (SSSR count). The van der Waals surface area contributed by atoms with Crippen molar-refractivity contribution in [2.75, 3.05) is 5.32 Å². The number of thiophene rings is 1. The van der Waals surface area contributed by atoms with Gasteiger partial charge in [0.1, 0.15) is 17.0 Å². The lowest BCUT2D eigenvalue weighted by Crippen LogP contribution is -2.26. The van der Waals surface area contributed by atoms with Gasteiger partial charge in [0.15, 0.2) is 0 Å². The highest BCUT2D eigenvalue weighted by Gasteiger charge is 2.31. The molecule has 1 atom stereocenters. The molecule has 1 aromatic carbocycles. The first-order valence-corrected chi connectivity index (χ1v) is 10.8. The van der Waals surface area contributed by atoms with Gasteiger partial charge in [0, 0.05) is 21.5 Å². The van der Waals surface area contributed by atoms with Crippen molar-refractivity contribution in [2.45, 2.75) is 40.0 Å². The molecule has 2 aromatic heterocycles. The number of fused-ring (bicyclic) bond motifs is 3. The lowest BCUT2D eigenvalue weighted by molar-refractivity contribution is -0.384. The molecule has 2 heterocycles. The molecule has 0 spiro atoms. The number of aromatic nitrogens is 2. The van der Waals surface area contributed by atoms with Crippen LogP contribution >= 0.6 is 27.3 Å². The Hall–Kier alpha value is -2.06. The predicted molar refractivity (Wildman–Crippen MR) is 116 cm³/mol. The molecule has 3 aromatic rings. The Balaban J connectivity index is 1.75. The van der Waals surface area contributed by atoms with Gasteiger partial charge in [0.25, 0.3) is 5.69 Å². The molecule has 1 N–H and O–H groups in total. The van der Waals surface area contributed by atoms with Crippen LogP contribution in [0.25, 0.3) is 10.2 Å². The second kappa shape index (κ2) is 7.08. The highest BCUT2D eigenvalue weighted by Crippen LogP contribution is 2.44. The molecule has 146 valence electrons. The Bertz CT molecular complexity index is 1070. The first kappa shape index (κ1) is 19.3. The fraction of sp³-hybridized carbons (Fsp3) is 0.400. The minimum atomic E-state index is -0.397. The number of nitro groups is 1. The summed E-state index contributed by atoms with van der Waals surface area (Å²) in [5.74, 6) is 1.36. The molecule has 6 nitrogen and oxygen atoms in total. The van der Waals surface area contributed by atoms with Crippen molar-refractivity contribution in [1.29, 1.82) is 0 Å². The van der Waals surface area contributed by atoms with Crippen molar-refractivity contribution >= 4 is 54.7 Å². The quantitative estimate of drug-likeness (QED) is 0.368. The van der Waals surface area contributed by atoms with Crippen LogP contribution in [-0.4, -0.2) is 14.9 Å². The lowest BCUT2D eigenvalue weighted by atomic mass is 9.72. The van der Waals surface area contributed by atoms with Crippen LogP contribution in [0.2, 0.25) is 0 Å². The number of benzene rings is 1. The molecule has 1 aliphatic carbocycles. The maximum absolute atomic E-state index is 11.1. The Kier molecular flexibility index (Phi) is 4.87. The topological polar surface area (TPSA) is 81.0 Å². The van der Waals surface area contributed by atoms with Crippen LogP contribution in [0.5, 0.6) is 0 Å². The van der Waals surface area contributed by atoms with E-state index in [1.807, 2.05) is 0 Å². The highest BCUT2D eigenvalue weighted by atomic mass is 79.9. The van der Waals surface area contributed by atoms with Crippen LogP contribution in [0.15, 0.2) is 29.0 Å². The Morgan fingerprint density at radius 1 is 1.32 bits per heavy atom. The van der Waals surface area contributed by atoms with E-state index in [2.05, 4.69) is 52.0 Å². The summed E-state index contributed by atoms with van der Waals surface area (Å²) in [6, 6.07) is 4.67. The van der Waals surface area contributed by atoms with E-state index in [1.165, 1.54) is 22.6 Å². The molecule has 0 bridgehead atoms. The summed E-state index contributed by atoms with van der Waals surface area (Å²) >= 11 is 5.22. The van der Waals surface area contributed by atoms with Gasteiger partial charge >= 0.3 is 0 Å². The molecule has 0 aliphatic heterocycles. The second-order valence-electron chi connectivity index (χ2n) is 8.26. The van der Waals surface area contributed by atoms with Crippen molar-refractivity contribution < 1.29 is 4.92 Å². The molecule has 8 heteroatoms. The van der Waals surface area contributed by atoms with Crippen LogP contribution < -0.4 is 5.32 Å². The Morgan fingerprint density at radius 2 is 2.11 bits per heavy atom. The van der Waals surface area contributed by atoms with Crippen LogP contribution in [-0.2, 0) is 12.8 Å². The molecule has 0 saturated heterocycles. The number of anilines is 2. The molecule has 0 radical (unpaired) electrons. The smallest absolute Gasteiger partial charge is 0.271 e. The zero-order valence-electron chi connectivity index (χ0n) is 16.0. The largest absolute Gasteiger partial charge is 0.338 e. The lowest BCUT2D eigenvalue weighted by Gasteiger charge is -2.33. The number of halogens is 1. The van der Waals surface area contributed by atoms with Gasteiger partial charge < -0.3 is 5.32 Å². The first-order valence-electron chi connectivity index (χ1n) is 9.20. The van der Waals surface area contributed by atoms with Gasteiger partial charge in [-0.1, -0.05) is 20.8 Å². The standard InChI is InChI=1S/C20H21BrN4O2S/c1-20(2,3)11-4-6-13-16(8-11)28-19-17(13)18(22-10-23-19)24-15-9-12(25(26)27)5-7-14(15)21/h5,7,9-11H,4,6,8H2,1-3H3,(H,22,23,24). The predicted octanol–water partition coefficient (Wildman–Crippen LogP) is 6.26. The number of nitrogens with zero attached hydrogens (tertiary/aromatic N) is 3. The number of hydrogen-bond donors (Lipinski definition) is 1. The van der Waals surface area contributed by atoms with Crippen molar-refractivity contribution in [3.05, 3.63) is 49.6 Å². The van der Waals surface area contributed by atoms with Gasteiger partial charge in [0.05, 0.1) is 16.0 Å². The summed E-state index contributed by atoms with van der Waals surface area (Å²) in [6.07, 6.45) is 4.78. The van der Waals surface area contributed by atoms with E-state index in [4.69, 9.17) is 0 Å². The Labute approximate surface area is 175 Å². The normalized spacial score (nSPS) is 16.8. The van der Waals surface area contributed by atoms with Gasteiger partial charge in [-0.3, -0.25) is 10.1 Å². The average molecular weight is 461 g/mol. The summed E-state index contributed by atoms with van der Waals surface area (Å²) in [4.78, 5) is 22.0. The third kappa shape index (κ3) is 3.51. The van der Waals surface area contributed by atoms with E-state index in [0.717, 1.165) is 34.0 Å². The number of nitrogens with one attached hydrogen (secondary N) is 1. The minimum absolute atomic E-state index is 0.0383. The summed E-state index contributed by atoms with van der Waals surface area (Å²) in [7, 11) is 0. The van der Waals surface area contributed by atoms with Gasteiger partial charge in [-0.2, -0.15) is 0 Å². The van der Waals surface area contributed by atoms with E-state index in [9.17, 15) is 10.1 Å². The number of hydrogen-bond acceptors (Lipinski definition) is 6. The fourth-order valence-electron chi connectivity index (χ4n) is 3.79. The van der Waals surface area contributed by atoms with Crippen molar-refractivity contribution in [1.82, 2.24) is 9.97 Å². The zero-order valence-corrected chi connectivity index (χ0v) is 18.4. The maximum atomic E-state index is 11.1. The SMILES string of the molecule is CC(C)(C)C1CCc2c(sc3ncnc(Nc4cc([N+](=O)[O-])ccc4Br)c23)C1. The molecule has 0 saturated carbocycles. The molecule has 0 amide bonds. The minimum Gasteiger partial charge on any atom is -0.338 e. The summed E-state index contributed by atoms with van der Waals surface area (Å²) in [5, 5.41) is 15.5. The first-order chi connectivity index (χ1) is 13.2. The number of nitro benzene ring substituents is 1. The van der Waals surface area contributed by atoms with E-state index < -0.39 is 4.92 Å². The molecule has 1 unspecified atom stereocenters. The van der Waals surface area contributed by atoms with E-state index >= 15 is 0 Å². The zero-order chi connectivity index (χ0) is 20.1. The van der Waals surface area contributed by atoms with Crippen molar-refractivity contribution in [3.8, 4) is 0 Å². The monoisotopic (exact) mass is 460 g/mol. The number of aryl methyl sites for hydroxylation is 1. The molecular formula is C20H21BrN4O2S. The summed E-state index contributed by atoms with van der Waals surface area (Å²) in [6.45, 7) is 6.92. The van der Waals surface area contributed by atoms with Crippen LogP contribution in [0.4, 0.5) is 17.2 Å². The Morgan fingerprint density at radius 3 is 2.82 bits per heavy atom. The van der Waals surface area contributed by atoms with E-state index in [-0.39, 0.29) is 11.1 Å². The summed E-state index contributed by atoms with van der Waals surface area (Å²) in [5.41, 5.74) is 2.27. The van der Waals surface area contributed by atoms with Crippen molar-refractivity contribution in [2.24, 2.45) is 11.3 Å². The van der Waals surface area contributed by atoms with Crippen molar-refractivity contribution in [3.63, 3.8) is 0 Å². The molecular weight excluding hydrogens is 440 g/mol. The summed E-state index contributed by atoms with van der Waals surface area (Å²) < 4.78 is 0.752. The van der Waals surface area contributed by atoms with Gasteiger partial charge in [0.2, 0.25) is 0 Å². The highest BCUT2D eigenvalue weighted by molar-refractivity contribution is 9.10. The van der Waals surface area contributed by atoms with Gasteiger partial charge in [-0.15, -0.1) is 11.3 Å².